The zero-order chi connectivity index (χ0) is 17.6. The van der Waals surface area contributed by atoms with Crippen LogP contribution in [-0.4, -0.2) is 77.0 Å². The molecule has 6 atom stereocenters. The molecule has 2 aromatic rings. The molecule has 3 heterocycles. The normalized spacial score (nSPS) is 34.9. The number of ether oxygens (including phenoxy) is 1. The number of aliphatic hydroxyl groups excluding tert-OH is 4. The molecule has 0 radical (unpaired) electrons. The van der Waals surface area contributed by atoms with E-state index < -0.39 is 37.3 Å². The fraction of sp³-hybridized carbons (Fsp3) is 0.533. The highest BCUT2D eigenvalue weighted by Crippen LogP contribution is 2.32. The minimum absolute atomic E-state index is 0.267. The number of anilines is 1. The van der Waals surface area contributed by atoms with Gasteiger partial charge in [0.25, 0.3) is 0 Å². The number of hydrogen-bond acceptors (Lipinski definition) is 9. The van der Waals surface area contributed by atoms with Crippen molar-refractivity contribution in [3.63, 3.8) is 0 Å². The Morgan fingerprint density at radius 3 is 2.72 bits per heavy atom. The molecule has 25 heavy (non-hydrogen) atoms. The molecule has 134 valence electrons. The summed E-state index contributed by atoms with van der Waals surface area (Å²) in [5, 5.41) is 42.4. The highest BCUT2D eigenvalue weighted by Gasteiger charge is 2.44. The van der Waals surface area contributed by atoms with E-state index in [-0.39, 0.29) is 6.04 Å². The van der Waals surface area contributed by atoms with E-state index in [1.54, 1.807) is 0 Å². The first-order valence-electron chi connectivity index (χ1n) is 8.01. The van der Waals surface area contributed by atoms with Crippen LogP contribution in [0, 0.1) is 0 Å². The highest BCUT2D eigenvalue weighted by atomic mass is 16.6. The smallest absolute Gasteiger partial charge is 0.167 e. The van der Waals surface area contributed by atoms with E-state index in [9.17, 15) is 20.4 Å². The van der Waals surface area contributed by atoms with E-state index in [1.807, 2.05) is 12.2 Å². The Hall–Kier alpha value is -2.11. The lowest BCUT2D eigenvalue weighted by atomic mass is 10.1. The topological polar surface area (TPSA) is 146 Å². The summed E-state index contributed by atoms with van der Waals surface area (Å²) in [5.74, 6) is 0.450. The summed E-state index contributed by atoms with van der Waals surface area (Å²) in [5.41, 5.74) is 0.858. The van der Waals surface area contributed by atoms with Crippen LogP contribution in [0.3, 0.4) is 0 Å². The van der Waals surface area contributed by atoms with Crippen LogP contribution in [-0.2, 0) is 4.74 Å². The first-order valence-corrected chi connectivity index (χ1v) is 8.01. The highest BCUT2D eigenvalue weighted by molar-refractivity contribution is 5.83. The van der Waals surface area contributed by atoms with Crippen molar-refractivity contribution in [1.29, 1.82) is 0 Å². The predicted molar refractivity (Wildman–Crippen MR) is 85.5 cm³/mol. The molecule has 4 rings (SSSR count). The third-order valence-electron chi connectivity index (χ3n) is 4.59. The maximum atomic E-state index is 10.2. The van der Waals surface area contributed by atoms with Crippen LogP contribution in [0.15, 0.2) is 24.8 Å². The molecule has 5 N–H and O–H groups in total. The second kappa shape index (κ2) is 6.32. The minimum Gasteiger partial charge on any atom is -0.394 e. The van der Waals surface area contributed by atoms with Crippen LogP contribution in [0.1, 0.15) is 12.6 Å². The molecule has 0 aromatic carbocycles. The predicted octanol–water partition coefficient (Wildman–Crippen LogP) is -1.46. The van der Waals surface area contributed by atoms with Crippen molar-refractivity contribution in [2.24, 2.45) is 0 Å². The molecular formula is C15H19N5O5. The average Bonchev–Trinajstić information content (AvgIpc) is 3.29. The number of aromatic nitrogens is 4. The summed E-state index contributed by atoms with van der Waals surface area (Å²) in [7, 11) is 0. The molecule has 1 saturated heterocycles. The molecule has 0 unspecified atom stereocenters. The van der Waals surface area contributed by atoms with E-state index in [0.717, 1.165) is 0 Å². The number of hydrogen-bond donors (Lipinski definition) is 5. The van der Waals surface area contributed by atoms with Crippen LogP contribution in [0.2, 0.25) is 0 Å². The lowest BCUT2D eigenvalue weighted by molar-refractivity contribution is -0.0511. The third kappa shape index (κ3) is 2.68. The average molecular weight is 349 g/mol. The maximum absolute atomic E-state index is 10.2. The second-order valence-corrected chi connectivity index (χ2v) is 6.18. The van der Waals surface area contributed by atoms with Gasteiger partial charge in [0, 0.05) is 0 Å². The van der Waals surface area contributed by atoms with E-state index in [1.165, 1.54) is 17.2 Å². The Kier molecular flexibility index (Phi) is 4.13. The Morgan fingerprint density at radius 2 is 2.04 bits per heavy atom. The number of aliphatic hydroxyl groups is 4. The lowest BCUT2D eigenvalue weighted by Crippen LogP contribution is -2.33. The Morgan fingerprint density at radius 1 is 1.20 bits per heavy atom. The fourth-order valence-electron chi connectivity index (χ4n) is 3.20. The summed E-state index contributed by atoms with van der Waals surface area (Å²) in [6.45, 7) is -0.408. The molecule has 0 amide bonds. The molecule has 2 aromatic heterocycles. The van der Waals surface area contributed by atoms with Crippen LogP contribution in [0.4, 0.5) is 5.82 Å². The van der Waals surface area contributed by atoms with Crippen molar-refractivity contribution >= 4 is 17.0 Å². The molecular weight excluding hydrogens is 330 g/mol. The van der Waals surface area contributed by atoms with Crippen LogP contribution >= 0.6 is 0 Å². The van der Waals surface area contributed by atoms with Gasteiger partial charge in [-0.1, -0.05) is 12.2 Å². The lowest BCUT2D eigenvalue weighted by Gasteiger charge is -2.18. The standard InChI is InChI=1S/C15H19N5O5/c21-4-9-11(23)12(24)15(25-9)20-6-18-10-13(16-5-17-14(10)20)19-7-2-1-3-8(7)22/h1-2,5-9,11-12,15,21-24H,3-4H2,(H,16,17,19)/t7-,8+,9+,11+,12+,15+/m0/s1. The Bertz CT molecular complexity index is 796. The van der Waals surface area contributed by atoms with Gasteiger partial charge >= 0.3 is 0 Å². The van der Waals surface area contributed by atoms with Crippen LogP contribution < -0.4 is 5.32 Å². The van der Waals surface area contributed by atoms with Crippen molar-refractivity contribution in [3.8, 4) is 0 Å². The first kappa shape index (κ1) is 16.4. The molecule has 2 aliphatic rings. The summed E-state index contributed by atoms with van der Waals surface area (Å²) in [6.07, 6.45) is 2.34. The second-order valence-electron chi connectivity index (χ2n) is 6.18. The number of rotatable bonds is 4. The van der Waals surface area contributed by atoms with Gasteiger partial charge in [0.1, 0.15) is 24.6 Å². The zero-order valence-corrected chi connectivity index (χ0v) is 13.2. The summed E-state index contributed by atoms with van der Waals surface area (Å²) in [4.78, 5) is 12.6. The monoisotopic (exact) mass is 349 g/mol. The van der Waals surface area contributed by atoms with Crippen molar-refractivity contribution in [2.75, 3.05) is 11.9 Å². The van der Waals surface area contributed by atoms with Crippen molar-refractivity contribution in [3.05, 3.63) is 24.8 Å². The van der Waals surface area contributed by atoms with E-state index >= 15 is 0 Å². The number of nitrogens with one attached hydrogen (secondary N) is 1. The number of nitrogens with zero attached hydrogens (tertiary/aromatic N) is 4. The first-order chi connectivity index (χ1) is 12.1. The molecule has 0 saturated carbocycles. The molecule has 1 aliphatic carbocycles. The SMILES string of the molecule is OC[C@H]1O[C@@H](n2cnc3c(N[C@H]4C=CC[C@H]4O)ncnc32)[C@H](O)[C@@H]1O. The van der Waals surface area contributed by atoms with Gasteiger partial charge < -0.3 is 30.5 Å². The van der Waals surface area contributed by atoms with Gasteiger partial charge in [-0.15, -0.1) is 0 Å². The van der Waals surface area contributed by atoms with Gasteiger partial charge in [-0.05, 0) is 6.42 Å². The molecule has 0 spiro atoms. The fourth-order valence-corrected chi connectivity index (χ4v) is 3.20. The van der Waals surface area contributed by atoms with Crippen molar-refractivity contribution in [1.82, 2.24) is 19.5 Å². The quantitative estimate of drug-likeness (QED) is 0.418. The van der Waals surface area contributed by atoms with Gasteiger partial charge in [0.15, 0.2) is 23.2 Å². The van der Waals surface area contributed by atoms with Crippen molar-refractivity contribution in [2.45, 2.75) is 43.1 Å². The summed E-state index contributed by atoms with van der Waals surface area (Å²) < 4.78 is 7.01. The number of imidazole rings is 1. The third-order valence-corrected chi connectivity index (χ3v) is 4.59. The largest absolute Gasteiger partial charge is 0.394 e. The van der Waals surface area contributed by atoms with Gasteiger partial charge in [-0.25, -0.2) is 15.0 Å². The van der Waals surface area contributed by atoms with E-state index in [0.29, 0.717) is 23.4 Å². The van der Waals surface area contributed by atoms with Gasteiger partial charge in [0.05, 0.1) is 25.1 Å². The van der Waals surface area contributed by atoms with E-state index in [2.05, 4.69) is 20.3 Å². The van der Waals surface area contributed by atoms with Gasteiger partial charge in [-0.2, -0.15) is 0 Å². The van der Waals surface area contributed by atoms with Gasteiger partial charge in [-0.3, -0.25) is 4.57 Å². The zero-order valence-electron chi connectivity index (χ0n) is 13.2. The molecule has 10 heteroatoms. The molecule has 0 bridgehead atoms. The number of fused-ring (bicyclic) bond motifs is 1. The Balaban J connectivity index is 1.66. The van der Waals surface area contributed by atoms with Gasteiger partial charge in [0.2, 0.25) is 0 Å². The molecule has 1 fully saturated rings. The Labute approximate surface area is 142 Å². The summed E-state index contributed by atoms with van der Waals surface area (Å²) >= 11 is 0. The minimum atomic E-state index is -1.22. The maximum Gasteiger partial charge on any atom is 0.167 e. The molecule has 1 aliphatic heterocycles. The van der Waals surface area contributed by atoms with Crippen LogP contribution in [0.25, 0.3) is 11.2 Å². The summed E-state index contributed by atoms with van der Waals surface area (Å²) in [6, 6.07) is -0.267. The van der Waals surface area contributed by atoms with Crippen LogP contribution in [0.5, 0.6) is 0 Å². The van der Waals surface area contributed by atoms with Crippen molar-refractivity contribution < 1.29 is 25.2 Å². The van der Waals surface area contributed by atoms with E-state index in [4.69, 9.17) is 4.74 Å². The molecule has 10 nitrogen and oxygen atoms in total.